The maximum absolute atomic E-state index is 8.73. The molecule has 2 rings (SSSR count). The molecule has 0 aromatic heterocycles. The van der Waals surface area contributed by atoms with E-state index in [-0.39, 0.29) is 13.2 Å². The highest BCUT2D eigenvalue weighted by Crippen LogP contribution is 2.25. The molecule has 108 valence electrons. The van der Waals surface area contributed by atoms with Gasteiger partial charge in [-0.2, -0.15) is 0 Å². The molecule has 20 heavy (non-hydrogen) atoms. The molecule has 0 aliphatic carbocycles. The zero-order valence-electron chi connectivity index (χ0n) is 11.4. The molecule has 0 heterocycles. The molecule has 2 aromatic carbocycles. The fourth-order valence-corrected chi connectivity index (χ4v) is 1.89. The summed E-state index contributed by atoms with van der Waals surface area (Å²) in [5, 5.41) is 19.6. The third-order valence-corrected chi connectivity index (χ3v) is 2.93. The predicted octanol–water partition coefficient (Wildman–Crippen LogP) is 2.36. The van der Waals surface area contributed by atoms with Crippen LogP contribution in [-0.2, 0) is 0 Å². The van der Waals surface area contributed by atoms with E-state index < -0.39 is 0 Å². The minimum absolute atomic E-state index is 0.141. The Bertz CT molecular complexity index is 490. The van der Waals surface area contributed by atoms with Crippen LogP contribution in [0.5, 0.6) is 11.5 Å². The van der Waals surface area contributed by atoms with E-state index in [0.717, 1.165) is 22.3 Å². The number of hydrogen-bond donors (Lipinski definition) is 2. The number of fused-ring (bicyclic) bond motifs is 1. The van der Waals surface area contributed by atoms with E-state index in [0.29, 0.717) is 26.1 Å². The highest BCUT2D eigenvalue weighted by atomic mass is 16.5. The van der Waals surface area contributed by atoms with Gasteiger partial charge in [-0.15, -0.1) is 0 Å². The van der Waals surface area contributed by atoms with Gasteiger partial charge in [0.05, 0.1) is 13.2 Å². The van der Waals surface area contributed by atoms with E-state index in [1.807, 2.05) is 36.4 Å². The van der Waals surface area contributed by atoms with Crippen molar-refractivity contribution in [3.8, 4) is 11.5 Å². The lowest BCUT2D eigenvalue weighted by Crippen LogP contribution is -2.00. The van der Waals surface area contributed by atoms with E-state index in [4.69, 9.17) is 19.7 Å². The third kappa shape index (κ3) is 4.11. The number of ether oxygens (including phenoxy) is 2. The Morgan fingerprint density at radius 3 is 1.55 bits per heavy atom. The van der Waals surface area contributed by atoms with Crippen LogP contribution in [0.3, 0.4) is 0 Å². The van der Waals surface area contributed by atoms with Crippen molar-refractivity contribution in [2.24, 2.45) is 0 Å². The molecule has 0 aliphatic heterocycles. The first-order valence-electron chi connectivity index (χ1n) is 6.84. The predicted molar refractivity (Wildman–Crippen MR) is 78.3 cm³/mol. The molecule has 2 aromatic rings. The Morgan fingerprint density at radius 2 is 1.15 bits per heavy atom. The molecular formula is C16H20O4. The first kappa shape index (κ1) is 14.6. The lowest BCUT2D eigenvalue weighted by molar-refractivity contribution is 0.233. The monoisotopic (exact) mass is 276 g/mol. The van der Waals surface area contributed by atoms with Crippen molar-refractivity contribution in [3.63, 3.8) is 0 Å². The van der Waals surface area contributed by atoms with E-state index in [9.17, 15) is 0 Å². The van der Waals surface area contributed by atoms with Gasteiger partial charge in [0, 0.05) is 26.1 Å². The summed E-state index contributed by atoms with van der Waals surface area (Å²) in [4.78, 5) is 0. The third-order valence-electron chi connectivity index (χ3n) is 2.93. The molecule has 0 bridgehead atoms. The summed E-state index contributed by atoms with van der Waals surface area (Å²) in [5.74, 6) is 1.61. The van der Waals surface area contributed by atoms with Crippen LogP contribution in [0.2, 0.25) is 0 Å². The van der Waals surface area contributed by atoms with E-state index >= 15 is 0 Å². The Labute approximate surface area is 118 Å². The lowest BCUT2D eigenvalue weighted by Gasteiger charge is -2.09. The van der Waals surface area contributed by atoms with E-state index in [1.54, 1.807) is 0 Å². The number of hydrogen-bond acceptors (Lipinski definition) is 4. The Morgan fingerprint density at radius 1 is 0.700 bits per heavy atom. The highest BCUT2D eigenvalue weighted by Gasteiger charge is 2.00. The second-order valence-electron chi connectivity index (χ2n) is 4.52. The van der Waals surface area contributed by atoms with Crippen molar-refractivity contribution in [2.45, 2.75) is 12.8 Å². The van der Waals surface area contributed by atoms with Gasteiger partial charge in [0.25, 0.3) is 0 Å². The topological polar surface area (TPSA) is 58.9 Å². The van der Waals surface area contributed by atoms with Crippen LogP contribution < -0.4 is 9.47 Å². The molecule has 0 amide bonds. The first-order valence-corrected chi connectivity index (χ1v) is 6.84. The molecule has 0 unspecified atom stereocenters. The van der Waals surface area contributed by atoms with Crippen LogP contribution in [0.1, 0.15) is 12.8 Å². The van der Waals surface area contributed by atoms with Crippen LogP contribution in [-0.4, -0.2) is 36.6 Å². The Hall–Kier alpha value is -1.78. The van der Waals surface area contributed by atoms with Crippen LogP contribution in [0.15, 0.2) is 36.4 Å². The van der Waals surface area contributed by atoms with Crippen molar-refractivity contribution in [3.05, 3.63) is 36.4 Å². The minimum Gasteiger partial charge on any atom is -0.493 e. The highest BCUT2D eigenvalue weighted by molar-refractivity contribution is 5.85. The maximum atomic E-state index is 8.73. The summed E-state index contributed by atoms with van der Waals surface area (Å²) in [6.45, 7) is 1.32. The second kappa shape index (κ2) is 7.72. The van der Waals surface area contributed by atoms with Gasteiger partial charge in [-0.1, -0.05) is 12.1 Å². The fraction of sp³-hybridized carbons (Fsp3) is 0.375. The van der Waals surface area contributed by atoms with Gasteiger partial charge in [-0.05, 0) is 35.0 Å². The quantitative estimate of drug-likeness (QED) is 0.727. The molecule has 0 atom stereocenters. The molecule has 4 nitrogen and oxygen atoms in total. The number of benzene rings is 2. The summed E-state index contributed by atoms with van der Waals surface area (Å²) in [5.41, 5.74) is 0. The maximum Gasteiger partial charge on any atom is 0.119 e. The van der Waals surface area contributed by atoms with Gasteiger partial charge in [0.15, 0.2) is 0 Å². The largest absolute Gasteiger partial charge is 0.493 e. The van der Waals surface area contributed by atoms with Crippen molar-refractivity contribution >= 4 is 10.8 Å². The molecule has 0 fully saturated rings. The summed E-state index contributed by atoms with van der Waals surface area (Å²) in [6, 6.07) is 11.8. The molecule has 0 spiro atoms. The summed E-state index contributed by atoms with van der Waals surface area (Å²) >= 11 is 0. The van der Waals surface area contributed by atoms with Crippen LogP contribution >= 0.6 is 0 Å². The van der Waals surface area contributed by atoms with Crippen molar-refractivity contribution in [1.82, 2.24) is 0 Å². The minimum atomic E-state index is 0.141. The van der Waals surface area contributed by atoms with Gasteiger partial charge < -0.3 is 19.7 Å². The smallest absolute Gasteiger partial charge is 0.119 e. The molecular weight excluding hydrogens is 256 g/mol. The van der Waals surface area contributed by atoms with Gasteiger partial charge in [-0.3, -0.25) is 0 Å². The van der Waals surface area contributed by atoms with Crippen LogP contribution in [0, 0.1) is 0 Å². The molecule has 4 heteroatoms. The first-order chi connectivity index (χ1) is 9.83. The van der Waals surface area contributed by atoms with E-state index in [2.05, 4.69) is 0 Å². The van der Waals surface area contributed by atoms with Gasteiger partial charge >= 0.3 is 0 Å². The Balaban J connectivity index is 2.04. The number of aliphatic hydroxyl groups is 2. The van der Waals surface area contributed by atoms with Crippen molar-refractivity contribution in [1.29, 1.82) is 0 Å². The second-order valence-corrected chi connectivity index (χ2v) is 4.52. The number of aliphatic hydroxyl groups excluding tert-OH is 2. The molecule has 0 radical (unpaired) electrons. The van der Waals surface area contributed by atoms with Crippen LogP contribution in [0.4, 0.5) is 0 Å². The summed E-state index contributed by atoms with van der Waals surface area (Å²) < 4.78 is 11.1. The molecule has 0 saturated carbocycles. The fourth-order valence-electron chi connectivity index (χ4n) is 1.89. The standard InChI is InChI=1S/C16H20O4/c17-7-1-9-19-15-5-3-14-12-16(20-10-2-8-18)6-4-13(14)11-15/h3-6,11-12,17-18H,1-2,7-10H2. The van der Waals surface area contributed by atoms with Gasteiger partial charge in [-0.25, -0.2) is 0 Å². The summed E-state index contributed by atoms with van der Waals surface area (Å²) in [7, 11) is 0. The van der Waals surface area contributed by atoms with Crippen molar-refractivity contribution < 1.29 is 19.7 Å². The molecule has 2 N–H and O–H groups in total. The van der Waals surface area contributed by atoms with Gasteiger partial charge in [0.2, 0.25) is 0 Å². The average molecular weight is 276 g/mol. The average Bonchev–Trinajstić information content (AvgIpc) is 2.48. The lowest BCUT2D eigenvalue weighted by atomic mass is 10.1. The van der Waals surface area contributed by atoms with E-state index in [1.165, 1.54) is 0 Å². The van der Waals surface area contributed by atoms with Gasteiger partial charge in [0.1, 0.15) is 11.5 Å². The zero-order valence-corrected chi connectivity index (χ0v) is 11.4. The molecule has 0 saturated heterocycles. The normalized spacial score (nSPS) is 10.7. The van der Waals surface area contributed by atoms with Crippen LogP contribution in [0.25, 0.3) is 10.8 Å². The van der Waals surface area contributed by atoms with Crippen molar-refractivity contribution in [2.75, 3.05) is 26.4 Å². The number of rotatable bonds is 8. The zero-order chi connectivity index (χ0) is 14.2. The summed E-state index contributed by atoms with van der Waals surface area (Å²) in [6.07, 6.45) is 1.27. The SMILES string of the molecule is OCCCOc1ccc2cc(OCCCO)ccc2c1. The Kier molecular flexibility index (Phi) is 5.65. The molecule has 0 aliphatic rings.